The van der Waals surface area contributed by atoms with Crippen LogP contribution in [-0.2, 0) is 10.5 Å². The van der Waals surface area contributed by atoms with Gasteiger partial charge in [-0.3, -0.25) is 0 Å². The van der Waals surface area contributed by atoms with Crippen molar-refractivity contribution < 1.29 is 16.5 Å². The second kappa shape index (κ2) is 4.91. The third kappa shape index (κ3) is 3.33. The van der Waals surface area contributed by atoms with E-state index in [-0.39, 0.29) is 5.75 Å². The van der Waals surface area contributed by atoms with Crippen molar-refractivity contribution in [2.75, 3.05) is 18.0 Å². The van der Waals surface area contributed by atoms with Gasteiger partial charge >= 0.3 is 10.5 Å². The van der Waals surface area contributed by atoms with Gasteiger partial charge in [-0.05, 0) is 31.4 Å². The maximum Gasteiger partial charge on any atom is 0.488 e. The first-order chi connectivity index (χ1) is 8.06. The summed E-state index contributed by atoms with van der Waals surface area (Å²) in [5, 5.41) is 0. The fourth-order valence-electron chi connectivity index (χ4n) is 2.03. The van der Waals surface area contributed by atoms with E-state index in [9.17, 15) is 12.3 Å². The average Bonchev–Trinajstić information content (AvgIpc) is 2.29. The highest BCUT2D eigenvalue weighted by Crippen LogP contribution is 2.31. The summed E-state index contributed by atoms with van der Waals surface area (Å²) in [5.41, 5.74) is 0.633. The maximum absolute atomic E-state index is 12.6. The summed E-state index contributed by atoms with van der Waals surface area (Å²) < 4.78 is 38.0. The Balaban J connectivity index is 2.26. The normalized spacial score (nSPS) is 16.9. The smallest absolute Gasteiger partial charge is 0.368 e. The number of rotatable bonds is 3. The van der Waals surface area contributed by atoms with Crippen molar-refractivity contribution >= 4 is 16.2 Å². The fraction of sp³-hybridized carbons (Fsp3) is 0.455. The van der Waals surface area contributed by atoms with Crippen molar-refractivity contribution in [3.63, 3.8) is 0 Å². The molecule has 17 heavy (non-hydrogen) atoms. The van der Waals surface area contributed by atoms with Crippen LogP contribution in [0.15, 0.2) is 24.3 Å². The van der Waals surface area contributed by atoms with Crippen LogP contribution in [0.1, 0.15) is 19.3 Å². The molecule has 94 valence electrons. The molecule has 1 fully saturated rings. The van der Waals surface area contributed by atoms with Crippen LogP contribution < -0.4 is 9.08 Å². The Morgan fingerprint density at radius 2 is 1.76 bits per heavy atom. The van der Waals surface area contributed by atoms with Crippen LogP contribution in [0.3, 0.4) is 0 Å². The maximum atomic E-state index is 12.6. The van der Waals surface area contributed by atoms with E-state index in [1.807, 2.05) is 4.90 Å². The molecule has 6 heteroatoms. The number of benzene rings is 1. The molecule has 4 nitrogen and oxygen atoms in total. The van der Waals surface area contributed by atoms with Crippen LogP contribution in [0, 0.1) is 0 Å². The highest BCUT2D eigenvalue weighted by Gasteiger charge is 2.18. The Hall–Kier alpha value is -1.30. The van der Waals surface area contributed by atoms with Gasteiger partial charge in [0.05, 0.1) is 5.69 Å². The Morgan fingerprint density at radius 1 is 1.12 bits per heavy atom. The molecule has 0 radical (unpaired) electrons. The summed E-state index contributed by atoms with van der Waals surface area (Å²) in [7, 11) is -4.97. The van der Waals surface area contributed by atoms with Gasteiger partial charge in [-0.25, -0.2) is 0 Å². The molecule has 1 heterocycles. The molecule has 1 aliphatic rings. The lowest BCUT2D eigenvalue weighted by Crippen LogP contribution is -2.29. The Bertz CT molecular complexity index is 483. The molecule has 0 saturated carbocycles. The molecule has 0 atom stereocenters. The van der Waals surface area contributed by atoms with E-state index >= 15 is 0 Å². The number of hydrogen-bond donors (Lipinski definition) is 0. The summed E-state index contributed by atoms with van der Waals surface area (Å²) in [6, 6.07) is 6.60. The minimum atomic E-state index is -4.97. The average molecular weight is 259 g/mol. The van der Waals surface area contributed by atoms with Crippen LogP contribution >= 0.6 is 0 Å². The third-order valence-corrected chi connectivity index (χ3v) is 3.13. The first kappa shape index (κ1) is 12.2. The van der Waals surface area contributed by atoms with Gasteiger partial charge in [-0.15, -0.1) is 0 Å². The number of nitrogens with zero attached hydrogens (tertiary/aromatic N) is 1. The minimum absolute atomic E-state index is 0.0527. The molecule has 0 spiro atoms. The van der Waals surface area contributed by atoms with Gasteiger partial charge in [-0.1, -0.05) is 16.0 Å². The van der Waals surface area contributed by atoms with Crippen LogP contribution in [0.5, 0.6) is 5.75 Å². The standard InChI is InChI=1S/C11H14FNO3S/c12-17(14,15)16-11-7-3-2-6-10(11)13-8-4-1-5-9-13/h2-3,6-7H,1,4-5,8-9H2. The molecule has 1 aliphatic heterocycles. The van der Waals surface area contributed by atoms with E-state index in [1.54, 1.807) is 18.2 Å². The summed E-state index contributed by atoms with van der Waals surface area (Å²) >= 11 is 0. The summed E-state index contributed by atoms with van der Waals surface area (Å²) in [5.74, 6) is 0.0527. The van der Waals surface area contributed by atoms with E-state index in [1.165, 1.54) is 12.5 Å². The predicted octanol–water partition coefficient (Wildman–Crippen LogP) is 2.27. The lowest BCUT2D eigenvalue weighted by Gasteiger charge is -2.29. The topological polar surface area (TPSA) is 46.6 Å². The van der Waals surface area contributed by atoms with Gasteiger partial charge in [0.1, 0.15) is 0 Å². The highest BCUT2D eigenvalue weighted by molar-refractivity contribution is 7.81. The van der Waals surface area contributed by atoms with Crippen molar-refractivity contribution in [3.8, 4) is 5.75 Å². The molecule has 1 aromatic rings. The molecule has 0 bridgehead atoms. The SMILES string of the molecule is O=S(=O)(F)Oc1ccccc1N1CCCCC1. The molecule has 0 amide bonds. The second-order valence-electron chi connectivity index (χ2n) is 3.99. The van der Waals surface area contributed by atoms with Crippen molar-refractivity contribution in [3.05, 3.63) is 24.3 Å². The monoisotopic (exact) mass is 259 g/mol. The molecule has 0 aromatic heterocycles. The number of para-hydroxylation sites is 2. The molecule has 2 rings (SSSR count). The predicted molar refractivity (Wildman–Crippen MR) is 63.2 cm³/mol. The quantitative estimate of drug-likeness (QED) is 0.781. The third-order valence-electron chi connectivity index (χ3n) is 2.75. The molecule has 1 aromatic carbocycles. The molecular formula is C11H14FNO3S. The Morgan fingerprint density at radius 3 is 2.41 bits per heavy atom. The number of piperidine rings is 1. The summed E-state index contributed by atoms with van der Waals surface area (Å²) in [6.07, 6.45) is 3.27. The minimum Gasteiger partial charge on any atom is -0.368 e. The molecule has 0 unspecified atom stereocenters. The van der Waals surface area contributed by atoms with Crippen molar-refractivity contribution in [2.45, 2.75) is 19.3 Å². The van der Waals surface area contributed by atoms with Crippen LogP contribution in [0.2, 0.25) is 0 Å². The summed E-state index contributed by atoms with van der Waals surface area (Å²) in [6.45, 7) is 1.68. The first-order valence-electron chi connectivity index (χ1n) is 5.54. The number of halogens is 1. The van der Waals surface area contributed by atoms with Crippen molar-refractivity contribution in [2.24, 2.45) is 0 Å². The summed E-state index contributed by atoms with van der Waals surface area (Å²) in [4.78, 5) is 2.02. The molecule has 1 saturated heterocycles. The zero-order valence-electron chi connectivity index (χ0n) is 9.30. The number of anilines is 1. The van der Waals surface area contributed by atoms with Gasteiger partial charge < -0.3 is 9.08 Å². The van der Waals surface area contributed by atoms with Crippen LogP contribution in [0.25, 0.3) is 0 Å². The van der Waals surface area contributed by atoms with Crippen molar-refractivity contribution in [1.82, 2.24) is 0 Å². The van der Waals surface area contributed by atoms with Gasteiger partial charge in [0, 0.05) is 13.1 Å². The lowest BCUT2D eigenvalue weighted by molar-refractivity contribution is 0.439. The molecular weight excluding hydrogens is 245 g/mol. The van der Waals surface area contributed by atoms with Crippen molar-refractivity contribution in [1.29, 1.82) is 0 Å². The van der Waals surface area contributed by atoms with Gasteiger partial charge in [0.15, 0.2) is 5.75 Å². The zero-order valence-corrected chi connectivity index (χ0v) is 10.1. The molecule has 0 aliphatic carbocycles. The Kier molecular flexibility index (Phi) is 3.51. The first-order valence-corrected chi connectivity index (χ1v) is 6.85. The van der Waals surface area contributed by atoms with E-state index in [4.69, 9.17) is 0 Å². The van der Waals surface area contributed by atoms with Gasteiger partial charge in [0.25, 0.3) is 0 Å². The van der Waals surface area contributed by atoms with Gasteiger partial charge in [0.2, 0.25) is 0 Å². The Labute approximate surface area is 100 Å². The highest BCUT2D eigenvalue weighted by atomic mass is 32.3. The van der Waals surface area contributed by atoms with E-state index in [0.29, 0.717) is 5.69 Å². The van der Waals surface area contributed by atoms with Crippen LogP contribution in [-0.4, -0.2) is 21.5 Å². The van der Waals surface area contributed by atoms with Crippen LogP contribution in [0.4, 0.5) is 9.57 Å². The largest absolute Gasteiger partial charge is 0.488 e. The van der Waals surface area contributed by atoms with E-state index < -0.39 is 10.5 Å². The van der Waals surface area contributed by atoms with E-state index in [2.05, 4.69) is 4.18 Å². The zero-order chi connectivity index (χ0) is 12.3. The van der Waals surface area contributed by atoms with Gasteiger partial charge in [-0.2, -0.15) is 8.42 Å². The van der Waals surface area contributed by atoms with E-state index in [0.717, 1.165) is 25.9 Å². The number of hydrogen-bond acceptors (Lipinski definition) is 4. The molecule has 0 N–H and O–H groups in total. The second-order valence-corrected chi connectivity index (χ2v) is 4.94. The fourth-order valence-corrected chi connectivity index (χ4v) is 2.39. The lowest BCUT2D eigenvalue weighted by atomic mass is 10.1.